The van der Waals surface area contributed by atoms with Gasteiger partial charge in [-0.1, -0.05) is 5.16 Å². The van der Waals surface area contributed by atoms with E-state index in [-0.39, 0.29) is 5.84 Å². The maximum Gasteiger partial charge on any atom is 0.159 e. The number of oxime groups is 1. The van der Waals surface area contributed by atoms with E-state index in [4.69, 9.17) is 10.9 Å². The first-order valence-corrected chi connectivity index (χ1v) is 7.78. The van der Waals surface area contributed by atoms with Gasteiger partial charge in [0.2, 0.25) is 0 Å². The molecular weight excluding hydrogens is 334 g/mol. The molecule has 7 heteroatoms. The summed E-state index contributed by atoms with van der Waals surface area (Å²) in [5, 5.41) is 12.0. The first-order chi connectivity index (χ1) is 9.93. The Morgan fingerprint density at radius 3 is 2.57 bits per heavy atom. The number of piperazine rings is 1. The van der Waals surface area contributed by atoms with E-state index in [0.29, 0.717) is 0 Å². The summed E-state index contributed by atoms with van der Waals surface area (Å²) >= 11 is 3.39. The highest BCUT2D eigenvalue weighted by molar-refractivity contribution is 9.10. The number of hydrogen-bond donors (Lipinski definition) is 2. The third kappa shape index (κ3) is 3.93. The molecule has 1 fully saturated rings. The summed E-state index contributed by atoms with van der Waals surface area (Å²) in [6.07, 6.45) is 1.83. The second kappa shape index (κ2) is 6.72. The predicted molar refractivity (Wildman–Crippen MR) is 86.3 cm³/mol. The zero-order valence-electron chi connectivity index (χ0n) is 12.5. The van der Waals surface area contributed by atoms with Crippen molar-refractivity contribution in [3.63, 3.8) is 0 Å². The van der Waals surface area contributed by atoms with Crippen molar-refractivity contribution in [3.8, 4) is 0 Å². The van der Waals surface area contributed by atoms with Crippen LogP contribution in [0.15, 0.2) is 28.0 Å². The molecule has 116 valence electrons. The highest BCUT2D eigenvalue weighted by Crippen LogP contribution is 2.18. The number of nitrogens with two attached hydrogens (primary N) is 1. The normalized spacial score (nSPS) is 18.9. The molecule has 0 unspecified atom stereocenters. The minimum Gasteiger partial charge on any atom is -0.409 e. The van der Waals surface area contributed by atoms with Crippen LogP contribution in [0.5, 0.6) is 0 Å². The molecule has 1 aromatic rings. The number of amidine groups is 1. The molecule has 1 saturated heterocycles. The second-order valence-electron chi connectivity index (χ2n) is 5.78. The number of halogens is 1. The molecule has 21 heavy (non-hydrogen) atoms. The van der Waals surface area contributed by atoms with Gasteiger partial charge in [0.1, 0.15) is 0 Å². The van der Waals surface area contributed by atoms with Crippen LogP contribution in [0, 0.1) is 0 Å². The monoisotopic (exact) mass is 355 g/mol. The van der Waals surface area contributed by atoms with E-state index in [9.17, 15) is 0 Å². The van der Waals surface area contributed by atoms with Crippen molar-refractivity contribution in [2.45, 2.75) is 25.9 Å². The number of aromatic nitrogens is 1. The Kier molecular flexibility index (Phi) is 5.18. The molecule has 0 radical (unpaired) electrons. The van der Waals surface area contributed by atoms with Gasteiger partial charge < -0.3 is 10.9 Å². The Labute approximate surface area is 133 Å². The Bertz CT molecular complexity index is 495. The highest BCUT2D eigenvalue weighted by Gasteiger charge is 2.33. The van der Waals surface area contributed by atoms with Gasteiger partial charge in [-0.05, 0) is 41.9 Å². The van der Waals surface area contributed by atoms with Crippen molar-refractivity contribution >= 4 is 21.8 Å². The van der Waals surface area contributed by atoms with Gasteiger partial charge in [-0.25, -0.2) is 0 Å². The lowest BCUT2D eigenvalue weighted by molar-refractivity contribution is 0.0787. The van der Waals surface area contributed by atoms with Gasteiger partial charge in [0.25, 0.3) is 0 Å². The molecule has 0 aliphatic carbocycles. The first kappa shape index (κ1) is 16.2. The van der Waals surface area contributed by atoms with Gasteiger partial charge in [0.05, 0.1) is 11.2 Å². The lowest BCUT2D eigenvalue weighted by Gasteiger charge is -2.43. The molecule has 0 aromatic carbocycles. The molecule has 1 aromatic heterocycles. The quantitative estimate of drug-likeness (QED) is 0.370. The van der Waals surface area contributed by atoms with Crippen LogP contribution < -0.4 is 5.73 Å². The fourth-order valence-electron chi connectivity index (χ4n) is 2.48. The molecule has 1 aliphatic rings. The van der Waals surface area contributed by atoms with Crippen LogP contribution in [0.25, 0.3) is 0 Å². The largest absolute Gasteiger partial charge is 0.409 e. The number of nitrogens with zero attached hydrogens (tertiary/aromatic N) is 4. The van der Waals surface area contributed by atoms with Crippen LogP contribution in [-0.2, 0) is 6.54 Å². The lowest BCUT2D eigenvalue weighted by Crippen LogP contribution is -2.59. The average molecular weight is 356 g/mol. The molecule has 1 aliphatic heterocycles. The molecule has 0 bridgehead atoms. The molecule has 2 heterocycles. The molecule has 2 rings (SSSR count). The van der Waals surface area contributed by atoms with Crippen LogP contribution in [0.4, 0.5) is 0 Å². The van der Waals surface area contributed by atoms with Gasteiger partial charge in [-0.15, -0.1) is 0 Å². The molecule has 0 atom stereocenters. The van der Waals surface area contributed by atoms with E-state index in [2.05, 4.69) is 35.9 Å². The topological polar surface area (TPSA) is 78.0 Å². The minimum atomic E-state index is -0.420. The maximum absolute atomic E-state index is 8.88. The summed E-state index contributed by atoms with van der Waals surface area (Å²) in [6, 6.07) is 4.05. The van der Waals surface area contributed by atoms with Gasteiger partial charge in [0.15, 0.2) is 5.84 Å². The van der Waals surface area contributed by atoms with Gasteiger partial charge >= 0.3 is 0 Å². The predicted octanol–water partition coefficient (Wildman–Crippen LogP) is 1.49. The van der Waals surface area contributed by atoms with Gasteiger partial charge in [-0.3, -0.25) is 14.8 Å². The third-order valence-corrected chi connectivity index (χ3v) is 4.54. The molecule has 3 N–H and O–H groups in total. The third-order valence-electron chi connectivity index (χ3n) is 4.07. The Morgan fingerprint density at radius 1 is 1.38 bits per heavy atom. The Balaban J connectivity index is 1.90. The van der Waals surface area contributed by atoms with Crippen LogP contribution >= 0.6 is 15.9 Å². The van der Waals surface area contributed by atoms with E-state index >= 15 is 0 Å². The molecule has 6 nitrogen and oxygen atoms in total. The summed E-state index contributed by atoms with van der Waals surface area (Å²) in [5.41, 5.74) is 6.44. The fourth-order valence-corrected chi connectivity index (χ4v) is 2.71. The standard InChI is InChI=1S/C14H22BrN5O/c1-14(2,13(16)18-21)20-7-5-19(6-8-20)10-12-4-3-11(15)9-17-12/h3-4,9,21H,5-8,10H2,1-2H3,(H2,16,18). The van der Waals surface area contributed by atoms with Gasteiger partial charge in [0, 0.05) is 43.4 Å². The van der Waals surface area contributed by atoms with E-state index in [1.807, 2.05) is 32.2 Å². The van der Waals surface area contributed by atoms with Crippen molar-refractivity contribution in [2.75, 3.05) is 26.2 Å². The van der Waals surface area contributed by atoms with Crippen molar-refractivity contribution in [3.05, 3.63) is 28.5 Å². The second-order valence-corrected chi connectivity index (χ2v) is 6.69. The zero-order valence-corrected chi connectivity index (χ0v) is 14.0. The van der Waals surface area contributed by atoms with Crippen LogP contribution in [0.2, 0.25) is 0 Å². The van der Waals surface area contributed by atoms with Crippen molar-refractivity contribution in [1.82, 2.24) is 14.8 Å². The fraction of sp³-hybridized carbons (Fsp3) is 0.571. The van der Waals surface area contributed by atoms with Crippen LogP contribution in [-0.4, -0.2) is 57.5 Å². The molecule has 0 saturated carbocycles. The van der Waals surface area contributed by atoms with Gasteiger partial charge in [-0.2, -0.15) is 0 Å². The highest BCUT2D eigenvalue weighted by atomic mass is 79.9. The summed E-state index contributed by atoms with van der Waals surface area (Å²) < 4.78 is 0.997. The molecular formula is C14H22BrN5O. The van der Waals surface area contributed by atoms with E-state index in [1.165, 1.54) is 0 Å². The molecule has 0 amide bonds. The Hall–Kier alpha value is -1.18. The number of pyridine rings is 1. The summed E-state index contributed by atoms with van der Waals surface area (Å²) in [5.74, 6) is 0.255. The molecule has 0 spiro atoms. The van der Waals surface area contributed by atoms with E-state index < -0.39 is 5.54 Å². The maximum atomic E-state index is 8.88. The zero-order chi connectivity index (χ0) is 15.5. The summed E-state index contributed by atoms with van der Waals surface area (Å²) in [7, 11) is 0. The minimum absolute atomic E-state index is 0.255. The number of rotatable bonds is 4. The average Bonchev–Trinajstić information content (AvgIpc) is 2.49. The Morgan fingerprint density at radius 2 is 2.05 bits per heavy atom. The summed E-state index contributed by atoms with van der Waals surface area (Å²) in [6.45, 7) is 8.48. The SMILES string of the molecule is CC(C)(/C(N)=N/O)N1CCN(Cc2ccc(Br)cn2)CC1. The van der Waals surface area contributed by atoms with Crippen LogP contribution in [0.1, 0.15) is 19.5 Å². The smallest absolute Gasteiger partial charge is 0.159 e. The summed E-state index contributed by atoms with van der Waals surface area (Å²) in [4.78, 5) is 9.02. The van der Waals surface area contributed by atoms with Crippen molar-refractivity contribution in [2.24, 2.45) is 10.9 Å². The lowest BCUT2D eigenvalue weighted by atomic mass is 10.0. The van der Waals surface area contributed by atoms with Crippen molar-refractivity contribution in [1.29, 1.82) is 0 Å². The first-order valence-electron chi connectivity index (χ1n) is 6.99. The van der Waals surface area contributed by atoms with E-state index in [1.54, 1.807) is 0 Å². The van der Waals surface area contributed by atoms with Crippen LogP contribution in [0.3, 0.4) is 0 Å². The van der Waals surface area contributed by atoms with Crippen molar-refractivity contribution < 1.29 is 5.21 Å². The van der Waals surface area contributed by atoms with E-state index in [0.717, 1.165) is 42.9 Å². The number of hydrogen-bond acceptors (Lipinski definition) is 5.